The van der Waals surface area contributed by atoms with Gasteiger partial charge >= 0.3 is 0 Å². The van der Waals surface area contributed by atoms with E-state index < -0.39 is 0 Å². The van der Waals surface area contributed by atoms with E-state index in [1.807, 2.05) is 13.8 Å². The van der Waals surface area contributed by atoms with Crippen molar-refractivity contribution in [1.82, 2.24) is 9.80 Å². The van der Waals surface area contributed by atoms with Gasteiger partial charge in [-0.2, -0.15) is 0 Å². The molecule has 0 amide bonds. The van der Waals surface area contributed by atoms with Gasteiger partial charge in [-0.1, -0.05) is 20.8 Å². The van der Waals surface area contributed by atoms with Crippen LogP contribution in [0.3, 0.4) is 0 Å². The van der Waals surface area contributed by atoms with E-state index in [-0.39, 0.29) is 6.67 Å². The predicted molar refractivity (Wildman–Crippen MR) is 60.5 cm³/mol. The van der Waals surface area contributed by atoms with Crippen molar-refractivity contribution in [2.45, 2.75) is 33.2 Å². The van der Waals surface area contributed by atoms with Crippen molar-refractivity contribution >= 4 is 0 Å². The fraction of sp³-hybridized carbons (Fsp3) is 1.00. The highest BCUT2D eigenvalue weighted by Crippen LogP contribution is 2.10. The van der Waals surface area contributed by atoms with Crippen molar-refractivity contribution in [2.24, 2.45) is 0 Å². The Labute approximate surface area is 88.1 Å². The standard InChI is InChI=1S/C9H19FN2.C2H6/c1-3-12-7-6-11(2)9(8-12)4-5-10;1-2/h9H,3-8H2,1-2H3;1-2H3. The van der Waals surface area contributed by atoms with Gasteiger partial charge in [-0.05, 0) is 20.0 Å². The minimum absolute atomic E-state index is 0.188. The lowest BCUT2D eigenvalue weighted by Gasteiger charge is -2.38. The molecular formula is C11H25FN2. The van der Waals surface area contributed by atoms with E-state index in [1.54, 1.807) is 0 Å². The SMILES string of the molecule is CC.CCN1CCN(C)C(CCF)C1. The van der Waals surface area contributed by atoms with Crippen LogP contribution in [0, 0.1) is 0 Å². The molecule has 1 saturated heterocycles. The van der Waals surface area contributed by atoms with Crippen LogP contribution in [0.15, 0.2) is 0 Å². The van der Waals surface area contributed by atoms with E-state index in [2.05, 4.69) is 23.8 Å². The molecule has 3 heteroatoms. The van der Waals surface area contributed by atoms with Gasteiger partial charge in [0, 0.05) is 25.7 Å². The van der Waals surface area contributed by atoms with Crippen LogP contribution in [0.1, 0.15) is 27.2 Å². The molecule has 0 N–H and O–H groups in total. The second kappa shape index (κ2) is 8.18. The molecule has 0 aromatic rings. The normalized spacial score (nSPS) is 24.2. The molecule has 0 radical (unpaired) electrons. The Hall–Kier alpha value is -0.150. The van der Waals surface area contributed by atoms with Crippen molar-refractivity contribution in [2.75, 3.05) is 39.9 Å². The Balaban J connectivity index is 0.000000791. The molecule has 14 heavy (non-hydrogen) atoms. The fourth-order valence-electron chi connectivity index (χ4n) is 1.74. The molecule has 1 aliphatic heterocycles. The third-order valence-corrected chi connectivity index (χ3v) is 2.75. The lowest BCUT2D eigenvalue weighted by molar-refractivity contribution is 0.0900. The smallest absolute Gasteiger partial charge is 0.0909 e. The van der Waals surface area contributed by atoms with E-state index in [9.17, 15) is 4.39 Å². The lowest BCUT2D eigenvalue weighted by Crippen LogP contribution is -2.51. The summed E-state index contributed by atoms with van der Waals surface area (Å²) in [5.74, 6) is 0. The highest BCUT2D eigenvalue weighted by atomic mass is 19.1. The molecule has 86 valence electrons. The maximum atomic E-state index is 12.1. The van der Waals surface area contributed by atoms with Crippen LogP contribution in [0.2, 0.25) is 0 Å². The van der Waals surface area contributed by atoms with Crippen molar-refractivity contribution in [3.63, 3.8) is 0 Å². The molecule has 0 aliphatic carbocycles. The number of nitrogens with zero attached hydrogens (tertiary/aromatic N) is 2. The summed E-state index contributed by atoms with van der Waals surface area (Å²) in [5, 5.41) is 0. The molecule has 0 spiro atoms. The number of likely N-dealkylation sites (N-methyl/N-ethyl adjacent to an activating group) is 2. The van der Waals surface area contributed by atoms with Gasteiger partial charge in [0.1, 0.15) is 0 Å². The zero-order valence-corrected chi connectivity index (χ0v) is 10.1. The number of hydrogen-bond acceptors (Lipinski definition) is 2. The van der Waals surface area contributed by atoms with E-state index in [4.69, 9.17) is 0 Å². The van der Waals surface area contributed by atoms with E-state index in [0.29, 0.717) is 12.5 Å². The van der Waals surface area contributed by atoms with E-state index in [0.717, 1.165) is 26.2 Å². The van der Waals surface area contributed by atoms with Crippen molar-refractivity contribution in [3.05, 3.63) is 0 Å². The quantitative estimate of drug-likeness (QED) is 0.694. The van der Waals surface area contributed by atoms with Crippen LogP contribution >= 0.6 is 0 Å². The summed E-state index contributed by atoms with van der Waals surface area (Å²) in [5.41, 5.74) is 0. The molecule has 1 aliphatic rings. The summed E-state index contributed by atoms with van der Waals surface area (Å²) in [4.78, 5) is 4.66. The van der Waals surface area contributed by atoms with Crippen LogP contribution in [0.5, 0.6) is 0 Å². The zero-order chi connectivity index (χ0) is 11.0. The van der Waals surface area contributed by atoms with Gasteiger partial charge in [-0.15, -0.1) is 0 Å². The first-order chi connectivity index (χ1) is 6.77. The first-order valence-corrected chi connectivity index (χ1v) is 5.76. The van der Waals surface area contributed by atoms with E-state index >= 15 is 0 Å². The molecule has 2 nitrogen and oxygen atoms in total. The third-order valence-electron chi connectivity index (χ3n) is 2.75. The van der Waals surface area contributed by atoms with Crippen molar-refractivity contribution in [3.8, 4) is 0 Å². The lowest BCUT2D eigenvalue weighted by atomic mass is 10.1. The van der Waals surface area contributed by atoms with Crippen LogP contribution in [0.4, 0.5) is 4.39 Å². The topological polar surface area (TPSA) is 6.48 Å². The molecular weight excluding hydrogens is 179 g/mol. The third kappa shape index (κ3) is 4.38. The Morgan fingerprint density at radius 1 is 1.29 bits per heavy atom. The van der Waals surface area contributed by atoms with Gasteiger partial charge in [0.25, 0.3) is 0 Å². The average molecular weight is 204 g/mol. The molecule has 1 atom stereocenters. The van der Waals surface area contributed by atoms with Gasteiger partial charge in [0.05, 0.1) is 6.67 Å². The van der Waals surface area contributed by atoms with Gasteiger partial charge in [0.2, 0.25) is 0 Å². The molecule has 0 aromatic carbocycles. The second-order valence-electron chi connectivity index (χ2n) is 3.51. The summed E-state index contributed by atoms with van der Waals surface area (Å²) in [6, 6.07) is 0.434. The van der Waals surface area contributed by atoms with Crippen LogP contribution < -0.4 is 0 Å². The number of rotatable bonds is 3. The highest BCUT2D eigenvalue weighted by molar-refractivity contribution is 4.79. The summed E-state index contributed by atoms with van der Waals surface area (Å²) in [6.45, 7) is 10.3. The van der Waals surface area contributed by atoms with Gasteiger partial charge < -0.3 is 9.80 Å². The highest BCUT2D eigenvalue weighted by Gasteiger charge is 2.22. The minimum atomic E-state index is -0.188. The van der Waals surface area contributed by atoms with Crippen molar-refractivity contribution in [1.29, 1.82) is 0 Å². The minimum Gasteiger partial charge on any atom is -0.301 e. The second-order valence-corrected chi connectivity index (χ2v) is 3.51. The van der Waals surface area contributed by atoms with Gasteiger partial charge in [-0.3, -0.25) is 4.39 Å². The first kappa shape index (κ1) is 13.8. The average Bonchev–Trinajstić information content (AvgIpc) is 2.24. The van der Waals surface area contributed by atoms with Gasteiger partial charge in [-0.25, -0.2) is 0 Å². The maximum absolute atomic E-state index is 12.1. The monoisotopic (exact) mass is 204 g/mol. The predicted octanol–water partition coefficient (Wildman–Crippen LogP) is 2.01. The summed E-state index contributed by atoms with van der Waals surface area (Å²) < 4.78 is 12.1. The number of alkyl halides is 1. The molecule has 1 heterocycles. The van der Waals surface area contributed by atoms with Gasteiger partial charge in [0.15, 0.2) is 0 Å². The zero-order valence-electron chi connectivity index (χ0n) is 10.1. The Bertz CT molecular complexity index is 130. The first-order valence-electron chi connectivity index (χ1n) is 5.76. The molecule has 1 unspecified atom stereocenters. The van der Waals surface area contributed by atoms with Crippen LogP contribution in [-0.2, 0) is 0 Å². The Morgan fingerprint density at radius 2 is 1.93 bits per heavy atom. The number of halogens is 1. The Kier molecular flexibility index (Phi) is 8.09. The number of piperazine rings is 1. The fourth-order valence-corrected chi connectivity index (χ4v) is 1.74. The largest absolute Gasteiger partial charge is 0.301 e. The van der Waals surface area contributed by atoms with E-state index in [1.165, 1.54) is 0 Å². The molecule has 1 fully saturated rings. The summed E-state index contributed by atoms with van der Waals surface area (Å²) >= 11 is 0. The van der Waals surface area contributed by atoms with Crippen LogP contribution in [-0.4, -0.2) is 55.7 Å². The van der Waals surface area contributed by atoms with Crippen LogP contribution in [0.25, 0.3) is 0 Å². The van der Waals surface area contributed by atoms with Crippen molar-refractivity contribution < 1.29 is 4.39 Å². The molecule has 0 aromatic heterocycles. The Morgan fingerprint density at radius 3 is 2.43 bits per heavy atom. The number of hydrogen-bond donors (Lipinski definition) is 0. The summed E-state index contributed by atoms with van der Waals surface area (Å²) in [6.07, 6.45) is 0.688. The maximum Gasteiger partial charge on any atom is 0.0909 e. The molecule has 0 saturated carbocycles. The molecule has 1 rings (SSSR count). The summed E-state index contributed by atoms with van der Waals surface area (Å²) in [7, 11) is 2.09. The molecule has 0 bridgehead atoms.